The van der Waals surface area contributed by atoms with Gasteiger partial charge < -0.3 is 35.1 Å². The molecule has 1 aromatic heterocycles. The first-order valence-electron chi connectivity index (χ1n) is 21.8. The van der Waals surface area contributed by atoms with Gasteiger partial charge in [-0.25, -0.2) is 9.59 Å². The van der Waals surface area contributed by atoms with Gasteiger partial charge in [0.25, 0.3) is 5.91 Å². The summed E-state index contributed by atoms with van der Waals surface area (Å²) in [6, 6.07) is 25.6. The number of aromatic nitrogens is 2. The monoisotopic (exact) mass is 879 g/mol. The molecule has 1 fully saturated rings. The zero-order valence-corrected chi connectivity index (χ0v) is 37.2. The molecule has 2 heterocycles. The summed E-state index contributed by atoms with van der Waals surface area (Å²) in [6.07, 6.45) is 4.23. The number of carbonyl (C=O) groups is 6. The van der Waals surface area contributed by atoms with Crippen molar-refractivity contribution in [3.8, 4) is 11.1 Å². The lowest BCUT2D eigenvalue weighted by atomic mass is 9.76. The number of imide groups is 1. The van der Waals surface area contributed by atoms with E-state index in [0.717, 1.165) is 24.0 Å². The molecule has 342 valence electrons. The fourth-order valence-electron chi connectivity index (χ4n) is 7.38. The van der Waals surface area contributed by atoms with Crippen molar-refractivity contribution in [2.24, 2.45) is 5.92 Å². The number of ether oxygens (including phenoxy) is 3. The number of hydrogen-bond acceptors (Lipinski definition) is 10. The molecule has 3 atom stereocenters. The Hall–Kier alpha value is -6.55. The lowest BCUT2D eigenvalue weighted by molar-refractivity contribution is -0.149. The molecule has 4 aromatic rings. The highest BCUT2D eigenvalue weighted by Gasteiger charge is 2.49. The minimum Gasteiger partial charge on any atom is -0.464 e. The van der Waals surface area contributed by atoms with E-state index in [2.05, 4.69) is 26.4 Å². The van der Waals surface area contributed by atoms with Crippen LogP contribution in [-0.2, 0) is 52.8 Å². The second kappa shape index (κ2) is 23.8. The predicted molar refractivity (Wildman–Crippen MR) is 240 cm³/mol. The second-order valence-corrected chi connectivity index (χ2v) is 16.8. The number of esters is 1. The Kier molecular flexibility index (Phi) is 18.0. The van der Waals surface area contributed by atoms with Crippen molar-refractivity contribution in [2.75, 3.05) is 39.5 Å². The van der Waals surface area contributed by atoms with E-state index in [0.29, 0.717) is 30.8 Å². The quantitative estimate of drug-likeness (QED) is 0.0676. The first-order chi connectivity index (χ1) is 30.8. The van der Waals surface area contributed by atoms with Gasteiger partial charge in [0.15, 0.2) is 0 Å². The summed E-state index contributed by atoms with van der Waals surface area (Å²) in [5, 5.41) is 15.4. The van der Waals surface area contributed by atoms with Gasteiger partial charge in [-0.05, 0) is 55.5 Å². The average Bonchev–Trinajstić information content (AvgIpc) is 3.79. The summed E-state index contributed by atoms with van der Waals surface area (Å²) in [5.74, 6) is -3.94. The largest absolute Gasteiger partial charge is 0.464 e. The van der Waals surface area contributed by atoms with E-state index >= 15 is 4.79 Å². The number of rotatable bonds is 20. The van der Waals surface area contributed by atoms with Gasteiger partial charge in [0.2, 0.25) is 11.8 Å². The van der Waals surface area contributed by atoms with E-state index in [-0.39, 0.29) is 45.4 Å². The van der Waals surface area contributed by atoms with Crippen molar-refractivity contribution in [1.29, 1.82) is 0 Å². The molecule has 16 heteroatoms. The van der Waals surface area contributed by atoms with Crippen LogP contribution in [0.25, 0.3) is 11.1 Å². The number of urea groups is 1. The number of morpholine rings is 1. The zero-order chi connectivity index (χ0) is 46.0. The molecule has 0 spiro atoms. The zero-order valence-electron chi connectivity index (χ0n) is 37.2. The molecule has 1 aliphatic rings. The SMILES string of the molecule is CCCCCC(=O)NC(Cc1ccccc1-c1ccccc1)(C(=O)NC(Cc1ccccc1)C(=O)NC(=O)N1CCOCC1)C(CNC(=O)OC(C)(C)C)COC(=O)Cn1cccn1. The van der Waals surface area contributed by atoms with Gasteiger partial charge in [-0.15, -0.1) is 0 Å². The second-order valence-electron chi connectivity index (χ2n) is 16.8. The number of nitrogens with zero attached hydrogens (tertiary/aromatic N) is 3. The van der Waals surface area contributed by atoms with E-state index in [1.165, 1.54) is 15.8 Å². The van der Waals surface area contributed by atoms with E-state index in [4.69, 9.17) is 14.2 Å². The van der Waals surface area contributed by atoms with Gasteiger partial charge >= 0.3 is 18.1 Å². The maximum Gasteiger partial charge on any atom is 0.407 e. The number of carbonyl (C=O) groups excluding carboxylic acids is 6. The fourth-order valence-corrected chi connectivity index (χ4v) is 7.38. The van der Waals surface area contributed by atoms with Crippen LogP contribution in [0.5, 0.6) is 0 Å². The summed E-state index contributed by atoms with van der Waals surface area (Å²) in [7, 11) is 0. The lowest BCUT2D eigenvalue weighted by Crippen LogP contribution is -2.69. The van der Waals surface area contributed by atoms with Crippen LogP contribution in [0.3, 0.4) is 0 Å². The molecular weight excluding hydrogens is 819 g/mol. The molecule has 3 aromatic carbocycles. The minimum absolute atomic E-state index is 0.0321. The highest BCUT2D eigenvalue weighted by Crippen LogP contribution is 2.32. The highest BCUT2D eigenvalue weighted by molar-refractivity contribution is 6.01. The predicted octanol–water partition coefficient (Wildman–Crippen LogP) is 5.21. The van der Waals surface area contributed by atoms with Gasteiger partial charge in [0.1, 0.15) is 23.7 Å². The summed E-state index contributed by atoms with van der Waals surface area (Å²) in [4.78, 5) is 86.1. The normalized spacial score (nSPS) is 14.5. The maximum absolute atomic E-state index is 15.8. The smallest absolute Gasteiger partial charge is 0.407 e. The van der Waals surface area contributed by atoms with E-state index in [1.54, 1.807) is 57.3 Å². The van der Waals surface area contributed by atoms with Crippen molar-refractivity contribution in [3.05, 3.63) is 115 Å². The molecule has 5 rings (SSSR count). The van der Waals surface area contributed by atoms with Crippen molar-refractivity contribution >= 4 is 35.8 Å². The van der Waals surface area contributed by atoms with Crippen LogP contribution in [0.15, 0.2) is 103 Å². The van der Waals surface area contributed by atoms with Gasteiger partial charge in [-0.2, -0.15) is 5.10 Å². The molecular formula is C48H61N7O9. The standard InChI is InChI=1S/C48H61N7O9/c1-5-6-9-23-41(56)53-48(31-37-21-14-15-22-39(37)36-19-12-8-13-20-36,38(32-49-46(61)64-47(2,3)4)34-63-42(57)33-55-25-16-24-50-55)44(59)51-40(30-35-17-10-7-11-18-35)43(58)52-45(60)54-26-28-62-29-27-54/h7-8,10-22,24-25,38,40H,5-6,9,23,26-34H2,1-4H3,(H,49,61)(H,51,59)(H,53,56)(H,52,58,60). The van der Waals surface area contributed by atoms with Crippen LogP contribution in [0, 0.1) is 5.92 Å². The molecule has 1 aliphatic heterocycles. The molecule has 0 bridgehead atoms. The Bertz CT molecular complexity index is 2140. The minimum atomic E-state index is -2.03. The van der Waals surface area contributed by atoms with Gasteiger partial charge in [0, 0.05) is 57.2 Å². The average molecular weight is 880 g/mol. The third-order valence-corrected chi connectivity index (χ3v) is 10.7. The van der Waals surface area contributed by atoms with Crippen LogP contribution in [-0.4, -0.2) is 107 Å². The number of hydrogen-bond donors (Lipinski definition) is 4. The molecule has 64 heavy (non-hydrogen) atoms. The van der Waals surface area contributed by atoms with E-state index < -0.39 is 65.5 Å². The first-order valence-corrected chi connectivity index (χ1v) is 21.8. The molecule has 0 radical (unpaired) electrons. The molecule has 0 aliphatic carbocycles. The molecule has 1 saturated heterocycles. The summed E-state index contributed by atoms with van der Waals surface area (Å²) in [6.45, 7) is 7.23. The molecule has 16 nitrogen and oxygen atoms in total. The number of alkyl carbamates (subject to hydrolysis) is 1. The number of amides is 6. The maximum atomic E-state index is 15.8. The Balaban J connectivity index is 1.65. The highest BCUT2D eigenvalue weighted by atomic mass is 16.6. The topological polar surface area (TPSA) is 199 Å². The Morgan fingerprint density at radius 2 is 1.55 bits per heavy atom. The summed E-state index contributed by atoms with van der Waals surface area (Å²) >= 11 is 0. The fraction of sp³-hybridized carbons (Fsp3) is 0.438. The van der Waals surface area contributed by atoms with Crippen molar-refractivity contribution < 1.29 is 43.0 Å². The summed E-state index contributed by atoms with van der Waals surface area (Å²) in [5.41, 5.74) is -0.0132. The molecule has 4 N–H and O–H groups in total. The van der Waals surface area contributed by atoms with Gasteiger partial charge in [-0.1, -0.05) is 105 Å². The van der Waals surface area contributed by atoms with Gasteiger partial charge in [-0.3, -0.25) is 29.2 Å². The van der Waals surface area contributed by atoms with Crippen LogP contribution in [0.1, 0.15) is 64.5 Å². The Morgan fingerprint density at radius 3 is 2.22 bits per heavy atom. The summed E-state index contributed by atoms with van der Waals surface area (Å²) < 4.78 is 18.3. The van der Waals surface area contributed by atoms with Crippen LogP contribution in [0.4, 0.5) is 9.59 Å². The first kappa shape index (κ1) is 48.5. The third kappa shape index (κ3) is 14.8. The number of unbranched alkanes of at least 4 members (excludes halogenated alkanes) is 2. The van der Waals surface area contributed by atoms with Crippen LogP contribution >= 0.6 is 0 Å². The number of nitrogens with one attached hydrogen (secondary N) is 4. The van der Waals surface area contributed by atoms with Crippen molar-refractivity contribution in [2.45, 2.75) is 89.9 Å². The van der Waals surface area contributed by atoms with Crippen molar-refractivity contribution in [1.82, 2.24) is 35.9 Å². The molecule has 0 saturated carbocycles. The Labute approximate surface area is 374 Å². The third-order valence-electron chi connectivity index (χ3n) is 10.7. The van der Waals surface area contributed by atoms with Crippen LogP contribution < -0.4 is 21.3 Å². The van der Waals surface area contributed by atoms with E-state index in [1.807, 2.05) is 67.6 Å². The van der Waals surface area contributed by atoms with E-state index in [9.17, 15) is 24.0 Å². The van der Waals surface area contributed by atoms with Crippen molar-refractivity contribution in [3.63, 3.8) is 0 Å². The van der Waals surface area contributed by atoms with Gasteiger partial charge in [0.05, 0.1) is 19.8 Å². The Morgan fingerprint density at radius 1 is 0.859 bits per heavy atom. The molecule has 3 unspecified atom stereocenters. The lowest BCUT2D eigenvalue weighted by Gasteiger charge is -2.41. The molecule has 6 amide bonds. The number of benzene rings is 3. The van der Waals surface area contributed by atoms with Crippen LogP contribution in [0.2, 0.25) is 0 Å².